The first-order chi connectivity index (χ1) is 7.31. The van der Waals surface area contributed by atoms with Gasteiger partial charge in [0.1, 0.15) is 0 Å². The van der Waals surface area contributed by atoms with E-state index in [-0.39, 0.29) is 0 Å². The van der Waals surface area contributed by atoms with Crippen LogP contribution in [-0.4, -0.2) is 12.3 Å². The fourth-order valence-electron chi connectivity index (χ4n) is 1.90. The Balaban J connectivity index is 2.20. The second-order valence-corrected chi connectivity index (χ2v) is 5.88. The summed E-state index contributed by atoms with van der Waals surface area (Å²) in [5, 5.41) is 3.62. The summed E-state index contributed by atoms with van der Waals surface area (Å²) in [7, 11) is 0. The predicted octanol–water partition coefficient (Wildman–Crippen LogP) is 3.99. The molecule has 0 spiro atoms. The van der Waals surface area contributed by atoms with Crippen LogP contribution in [0.5, 0.6) is 0 Å². The number of fused-ring (bicyclic) bond motifs is 1. The standard InChI is InChI=1S/C12H16BrNS/c1-2-6-14-11-5-7-15-12-4-3-9(13)8-10(11)12/h3-4,8,11,14H,2,5-7H2,1H3. The van der Waals surface area contributed by atoms with Gasteiger partial charge in [0.2, 0.25) is 0 Å². The van der Waals surface area contributed by atoms with Crippen molar-refractivity contribution in [3.05, 3.63) is 28.2 Å². The lowest BCUT2D eigenvalue weighted by atomic mass is 10.0. The molecule has 0 fully saturated rings. The molecule has 2 rings (SSSR count). The molecule has 1 aromatic carbocycles. The summed E-state index contributed by atoms with van der Waals surface area (Å²) >= 11 is 5.52. The summed E-state index contributed by atoms with van der Waals surface area (Å²) < 4.78 is 1.19. The Labute approximate surface area is 104 Å². The third-order valence-corrected chi connectivity index (χ3v) is 4.27. The smallest absolute Gasteiger partial charge is 0.0339 e. The average Bonchev–Trinajstić information content (AvgIpc) is 2.26. The minimum Gasteiger partial charge on any atom is -0.310 e. The third kappa shape index (κ3) is 2.77. The molecular formula is C12H16BrNS. The summed E-state index contributed by atoms with van der Waals surface area (Å²) in [4.78, 5) is 1.44. The van der Waals surface area contributed by atoms with E-state index >= 15 is 0 Å². The number of benzene rings is 1. The van der Waals surface area contributed by atoms with E-state index < -0.39 is 0 Å². The first-order valence-electron chi connectivity index (χ1n) is 5.47. The summed E-state index contributed by atoms with van der Waals surface area (Å²) in [5.41, 5.74) is 1.47. The van der Waals surface area contributed by atoms with Gasteiger partial charge in [0, 0.05) is 15.4 Å². The van der Waals surface area contributed by atoms with Crippen LogP contribution in [0.3, 0.4) is 0 Å². The molecule has 1 atom stereocenters. The molecule has 82 valence electrons. The monoisotopic (exact) mass is 285 g/mol. The molecule has 0 amide bonds. The van der Waals surface area contributed by atoms with Gasteiger partial charge in [0.15, 0.2) is 0 Å². The number of rotatable bonds is 3. The molecule has 1 heterocycles. The number of nitrogens with one attached hydrogen (secondary N) is 1. The molecule has 3 heteroatoms. The van der Waals surface area contributed by atoms with Crippen LogP contribution >= 0.6 is 27.7 Å². The molecule has 1 aliphatic heterocycles. The first-order valence-corrected chi connectivity index (χ1v) is 7.24. The Morgan fingerprint density at radius 1 is 1.53 bits per heavy atom. The van der Waals surface area contributed by atoms with Crippen LogP contribution in [0.25, 0.3) is 0 Å². The van der Waals surface area contributed by atoms with E-state index in [0.717, 1.165) is 6.54 Å². The fourth-order valence-corrected chi connectivity index (χ4v) is 3.38. The van der Waals surface area contributed by atoms with Gasteiger partial charge in [0.25, 0.3) is 0 Å². The van der Waals surface area contributed by atoms with Crippen LogP contribution in [0.2, 0.25) is 0 Å². The third-order valence-electron chi connectivity index (χ3n) is 2.65. The summed E-state index contributed by atoms with van der Waals surface area (Å²) in [6.07, 6.45) is 2.45. The van der Waals surface area contributed by atoms with Crippen LogP contribution in [-0.2, 0) is 0 Å². The Hall–Kier alpha value is 0.01000. The number of thioether (sulfide) groups is 1. The van der Waals surface area contributed by atoms with Crippen molar-refractivity contribution in [3.63, 3.8) is 0 Å². The molecule has 0 saturated carbocycles. The zero-order valence-corrected chi connectivity index (χ0v) is 11.3. The Bertz CT molecular complexity index is 340. The van der Waals surface area contributed by atoms with Crippen molar-refractivity contribution in [1.29, 1.82) is 0 Å². The second kappa shape index (κ2) is 5.37. The van der Waals surface area contributed by atoms with Gasteiger partial charge in [-0.15, -0.1) is 11.8 Å². The topological polar surface area (TPSA) is 12.0 Å². The highest BCUT2D eigenvalue weighted by atomic mass is 79.9. The van der Waals surface area contributed by atoms with E-state index in [4.69, 9.17) is 0 Å². The van der Waals surface area contributed by atoms with Gasteiger partial charge < -0.3 is 5.32 Å². The lowest BCUT2D eigenvalue weighted by molar-refractivity contribution is 0.509. The highest BCUT2D eigenvalue weighted by Gasteiger charge is 2.19. The number of hydrogen-bond acceptors (Lipinski definition) is 2. The van der Waals surface area contributed by atoms with E-state index in [9.17, 15) is 0 Å². The maximum atomic E-state index is 3.62. The van der Waals surface area contributed by atoms with Gasteiger partial charge in [-0.1, -0.05) is 22.9 Å². The highest BCUT2D eigenvalue weighted by Crippen LogP contribution is 2.37. The largest absolute Gasteiger partial charge is 0.310 e. The molecule has 0 saturated heterocycles. The maximum absolute atomic E-state index is 3.62. The normalized spacial score (nSPS) is 20.0. The van der Waals surface area contributed by atoms with Gasteiger partial charge in [-0.05, 0) is 48.9 Å². The van der Waals surface area contributed by atoms with Gasteiger partial charge in [-0.25, -0.2) is 0 Å². The van der Waals surface area contributed by atoms with E-state index in [0.29, 0.717) is 6.04 Å². The Morgan fingerprint density at radius 2 is 2.40 bits per heavy atom. The van der Waals surface area contributed by atoms with Gasteiger partial charge in [-0.3, -0.25) is 0 Å². The van der Waals surface area contributed by atoms with Crippen molar-refractivity contribution >= 4 is 27.7 Å². The van der Waals surface area contributed by atoms with Gasteiger partial charge in [0.05, 0.1) is 0 Å². The van der Waals surface area contributed by atoms with E-state index in [1.165, 1.54) is 33.5 Å². The second-order valence-electron chi connectivity index (χ2n) is 3.83. The number of hydrogen-bond donors (Lipinski definition) is 1. The zero-order chi connectivity index (χ0) is 10.7. The molecule has 1 N–H and O–H groups in total. The highest BCUT2D eigenvalue weighted by molar-refractivity contribution is 9.10. The van der Waals surface area contributed by atoms with Crippen LogP contribution in [0.15, 0.2) is 27.6 Å². The minimum absolute atomic E-state index is 0.554. The van der Waals surface area contributed by atoms with Crippen LogP contribution in [0, 0.1) is 0 Å². The molecule has 0 radical (unpaired) electrons. The van der Waals surface area contributed by atoms with Gasteiger partial charge in [-0.2, -0.15) is 0 Å². The molecule has 0 bridgehead atoms. The number of halogens is 1. The van der Waals surface area contributed by atoms with E-state index in [1.807, 2.05) is 11.8 Å². The van der Waals surface area contributed by atoms with Crippen LogP contribution in [0.1, 0.15) is 31.4 Å². The molecule has 1 unspecified atom stereocenters. The zero-order valence-electron chi connectivity index (χ0n) is 8.92. The molecule has 1 aromatic rings. The van der Waals surface area contributed by atoms with Crippen molar-refractivity contribution < 1.29 is 0 Å². The predicted molar refractivity (Wildman–Crippen MR) is 70.5 cm³/mol. The van der Waals surface area contributed by atoms with Crippen molar-refractivity contribution in [3.8, 4) is 0 Å². The van der Waals surface area contributed by atoms with E-state index in [1.54, 1.807) is 0 Å². The molecule has 0 aliphatic carbocycles. The fraction of sp³-hybridized carbons (Fsp3) is 0.500. The van der Waals surface area contributed by atoms with Crippen LogP contribution in [0.4, 0.5) is 0 Å². The van der Waals surface area contributed by atoms with E-state index in [2.05, 4.69) is 46.4 Å². The minimum atomic E-state index is 0.554. The summed E-state index contributed by atoms with van der Waals surface area (Å²) in [6.45, 7) is 3.33. The molecule has 1 nitrogen and oxygen atoms in total. The van der Waals surface area contributed by atoms with Crippen molar-refractivity contribution in [2.75, 3.05) is 12.3 Å². The Kier molecular flexibility index (Phi) is 4.12. The first kappa shape index (κ1) is 11.5. The molecule has 1 aliphatic rings. The van der Waals surface area contributed by atoms with Gasteiger partial charge >= 0.3 is 0 Å². The van der Waals surface area contributed by atoms with Crippen LogP contribution < -0.4 is 5.32 Å². The average molecular weight is 286 g/mol. The molecule has 0 aromatic heterocycles. The SMILES string of the molecule is CCCNC1CCSc2ccc(Br)cc21. The summed E-state index contributed by atoms with van der Waals surface area (Å²) in [5.74, 6) is 1.23. The lowest BCUT2D eigenvalue weighted by Crippen LogP contribution is -2.25. The van der Waals surface area contributed by atoms with Crippen molar-refractivity contribution in [2.24, 2.45) is 0 Å². The summed E-state index contributed by atoms with van der Waals surface area (Å²) in [6, 6.07) is 7.17. The van der Waals surface area contributed by atoms with Crippen molar-refractivity contribution in [1.82, 2.24) is 5.32 Å². The Morgan fingerprint density at radius 3 is 3.20 bits per heavy atom. The molecule has 15 heavy (non-hydrogen) atoms. The lowest BCUT2D eigenvalue weighted by Gasteiger charge is -2.26. The molecular weight excluding hydrogens is 270 g/mol. The van der Waals surface area contributed by atoms with Crippen molar-refractivity contribution in [2.45, 2.75) is 30.7 Å². The maximum Gasteiger partial charge on any atom is 0.0339 e. The quantitative estimate of drug-likeness (QED) is 0.901.